The van der Waals surface area contributed by atoms with Gasteiger partial charge in [0.05, 0.1) is 11.0 Å². The van der Waals surface area contributed by atoms with Crippen LogP contribution in [-0.4, -0.2) is 22.0 Å². The minimum Gasteiger partial charge on any atom is -0.355 e. The summed E-state index contributed by atoms with van der Waals surface area (Å²) in [6.07, 6.45) is -3.11. The van der Waals surface area contributed by atoms with Gasteiger partial charge in [0, 0.05) is 6.54 Å². The highest BCUT2D eigenvalue weighted by Crippen LogP contribution is 2.31. The summed E-state index contributed by atoms with van der Waals surface area (Å²) >= 11 is 0. The van der Waals surface area contributed by atoms with E-state index in [-0.39, 0.29) is 5.52 Å². The molecule has 0 aliphatic heterocycles. The lowest BCUT2D eigenvalue weighted by Gasteiger charge is -2.11. The SMILES string of the molecule is O=C(Cn1c(C(F)(F)F)nc2ccccc21)NCCCc1ccccc1. The number of fused-ring (bicyclic) bond motifs is 1. The fourth-order valence-corrected chi connectivity index (χ4v) is 2.82. The molecule has 0 radical (unpaired) electrons. The topological polar surface area (TPSA) is 46.9 Å². The number of rotatable bonds is 6. The monoisotopic (exact) mass is 361 g/mol. The Hall–Kier alpha value is -2.83. The zero-order chi connectivity index (χ0) is 18.6. The summed E-state index contributed by atoms with van der Waals surface area (Å²) in [6.45, 7) is -0.0115. The highest BCUT2D eigenvalue weighted by molar-refractivity contribution is 5.81. The smallest absolute Gasteiger partial charge is 0.355 e. The van der Waals surface area contributed by atoms with E-state index in [1.165, 1.54) is 12.1 Å². The van der Waals surface area contributed by atoms with Crippen molar-refractivity contribution in [3.05, 3.63) is 66.0 Å². The Balaban J connectivity index is 1.63. The van der Waals surface area contributed by atoms with Gasteiger partial charge in [-0.1, -0.05) is 42.5 Å². The van der Waals surface area contributed by atoms with E-state index in [1.807, 2.05) is 30.3 Å². The van der Waals surface area contributed by atoms with Crippen molar-refractivity contribution in [1.82, 2.24) is 14.9 Å². The van der Waals surface area contributed by atoms with Gasteiger partial charge in [-0.2, -0.15) is 13.2 Å². The Morgan fingerprint density at radius 1 is 1.04 bits per heavy atom. The van der Waals surface area contributed by atoms with Gasteiger partial charge < -0.3 is 9.88 Å². The summed E-state index contributed by atoms with van der Waals surface area (Å²) in [7, 11) is 0. The van der Waals surface area contributed by atoms with Gasteiger partial charge >= 0.3 is 6.18 Å². The van der Waals surface area contributed by atoms with Crippen LogP contribution < -0.4 is 5.32 Å². The molecule has 0 aliphatic rings. The van der Waals surface area contributed by atoms with Crippen molar-refractivity contribution in [2.45, 2.75) is 25.6 Å². The van der Waals surface area contributed by atoms with Gasteiger partial charge in [-0.25, -0.2) is 4.98 Å². The molecule has 26 heavy (non-hydrogen) atoms. The van der Waals surface area contributed by atoms with Crippen molar-refractivity contribution in [3.63, 3.8) is 0 Å². The van der Waals surface area contributed by atoms with Crippen molar-refractivity contribution < 1.29 is 18.0 Å². The maximum atomic E-state index is 13.2. The standard InChI is InChI=1S/C19H18F3N3O/c20-19(21,22)18-24-15-10-4-5-11-16(15)25(18)13-17(26)23-12-6-9-14-7-2-1-3-8-14/h1-5,7-8,10-11H,6,9,12-13H2,(H,23,26). The van der Waals surface area contributed by atoms with Crippen LogP contribution in [0.1, 0.15) is 17.8 Å². The molecule has 0 spiro atoms. The molecular weight excluding hydrogens is 343 g/mol. The third-order valence-electron chi connectivity index (χ3n) is 4.02. The molecular formula is C19H18F3N3O. The Bertz CT molecular complexity index is 888. The quantitative estimate of drug-likeness (QED) is 0.679. The van der Waals surface area contributed by atoms with Crippen molar-refractivity contribution >= 4 is 16.9 Å². The zero-order valence-corrected chi connectivity index (χ0v) is 14.0. The number of aryl methyl sites for hydroxylation is 1. The lowest BCUT2D eigenvalue weighted by atomic mass is 10.1. The van der Waals surface area contributed by atoms with E-state index < -0.39 is 24.5 Å². The number of carbonyl (C=O) groups excluding carboxylic acids is 1. The summed E-state index contributed by atoms with van der Waals surface area (Å²) in [5.74, 6) is -1.52. The average Bonchev–Trinajstić information content (AvgIpc) is 2.99. The zero-order valence-electron chi connectivity index (χ0n) is 14.0. The first kappa shape index (κ1) is 18.0. The van der Waals surface area contributed by atoms with E-state index in [0.29, 0.717) is 18.5 Å². The van der Waals surface area contributed by atoms with Crippen LogP contribution in [0.15, 0.2) is 54.6 Å². The van der Waals surface area contributed by atoms with Crippen LogP contribution in [0.25, 0.3) is 11.0 Å². The molecule has 0 aliphatic carbocycles. The predicted octanol–water partition coefficient (Wildman–Crippen LogP) is 3.80. The molecule has 0 unspecified atom stereocenters. The van der Waals surface area contributed by atoms with Crippen LogP contribution in [0, 0.1) is 0 Å². The molecule has 0 saturated heterocycles. The number of halogens is 3. The number of aromatic nitrogens is 2. The third kappa shape index (κ3) is 4.22. The van der Waals surface area contributed by atoms with Crippen LogP contribution in [0.2, 0.25) is 0 Å². The molecule has 1 heterocycles. The van der Waals surface area contributed by atoms with Gasteiger partial charge in [0.25, 0.3) is 0 Å². The van der Waals surface area contributed by atoms with Crippen molar-refractivity contribution in [3.8, 4) is 0 Å². The molecule has 3 rings (SSSR count). The lowest BCUT2D eigenvalue weighted by Crippen LogP contribution is -2.30. The number of benzene rings is 2. The Kier molecular flexibility index (Phi) is 5.25. The molecule has 1 amide bonds. The first-order valence-corrected chi connectivity index (χ1v) is 8.28. The van der Waals surface area contributed by atoms with Crippen molar-refractivity contribution in [1.29, 1.82) is 0 Å². The molecule has 0 fully saturated rings. The van der Waals surface area contributed by atoms with Crippen LogP contribution in [0.4, 0.5) is 13.2 Å². The number of amides is 1. The van der Waals surface area contributed by atoms with Crippen molar-refractivity contribution in [2.24, 2.45) is 0 Å². The molecule has 7 heteroatoms. The molecule has 2 aromatic carbocycles. The van der Waals surface area contributed by atoms with Gasteiger partial charge in [-0.3, -0.25) is 4.79 Å². The first-order valence-electron chi connectivity index (χ1n) is 8.28. The maximum Gasteiger partial charge on any atom is 0.449 e. The molecule has 1 N–H and O–H groups in total. The first-order chi connectivity index (χ1) is 12.4. The van der Waals surface area contributed by atoms with Crippen LogP contribution in [0.5, 0.6) is 0 Å². The molecule has 0 saturated carbocycles. The Morgan fingerprint density at radius 3 is 2.46 bits per heavy atom. The predicted molar refractivity (Wildman–Crippen MR) is 92.5 cm³/mol. The van der Waals surface area contributed by atoms with Crippen molar-refractivity contribution in [2.75, 3.05) is 6.54 Å². The third-order valence-corrected chi connectivity index (χ3v) is 4.02. The highest BCUT2D eigenvalue weighted by Gasteiger charge is 2.37. The number of carbonyl (C=O) groups is 1. The van der Waals surface area contributed by atoms with E-state index in [0.717, 1.165) is 16.6 Å². The van der Waals surface area contributed by atoms with Gasteiger partial charge in [0.2, 0.25) is 11.7 Å². The molecule has 4 nitrogen and oxygen atoms in total. The average molecular weight is 361 g/mol. The summed E-state index contributed by atoms with van der Waals surface area (Å²) in [4.78, 5) is 15.7. The fourth-order valence-electron chi connectivity index (χ4n) is 2.82. The van der Waals surface area contributed by atoms with Gasteiger partial charge in [0.15, 0.2) is 0 Å². The molecule has 0 atom stereocenters. The second kappa shape index (κ2) is 7.59. The van der Waals surface area contributed by atoms with E-state index in [9.17, 15) is 18.0 Å². The molecule has 136 valence electrons. The minimum atomic E-state index is -4.62. The maximum absolute atomic E-state index is 13.2. The second-order valence-electron chi connectivity index (χ2n) is 5.95. The lowest BCUT2D eigenvalue weighted by molar-refractivity contribution is -0.147. The normalized spacial score (nSPS) is 11.7. The number of hydrogen-bond acceptors (Lipinski definition) is 2. The van der Waals surface area contributed by atoms with E-state index >= 15 is 0 Å². The molecule has 1 aromatic heterocycles. The number of hydrogen-bond donors (Lipinski definition) is 1. The Morgan fingerprint density at radius 2 is 1.73 bits per heavy atom. The second-order valence-corrected chi connectivity index (χ2v) is 5.95. The van der Waals surface area contributed by atoms with Crippen LogP contribution in [0.3, 0.4) is 0 Å². The highest BCUT2D eigenvalue weighted by atomic mass is 19.4. The summed E-state index contributed by atoms with van der Waals surface area (Å²) in [5, 5.41) is 2.68. The number of nitrogens with one attached hydrogen (secondary N) is 1. The Labute approximate surface area is 148 Å². The summed E-state index contributed by atoms with van der Waals surface area (Å²) in [5.41, 5.74) is 1.66. The van der Waals surface area contributed by atoms with Gasteiger partial charge in [-0.05, 0) is 30.5 Å². The molecule has 3 aromatic rings. The van der Waals surface area contributed by atoms with E-state index in [1.54, 1.807) is 12.1 Å². The molecule has 0 bridgehead atoms. The largest absolute Gasteiger partial charge is 0.449 e. The minimum absolute atomic E-state index is 0.219. The van der Waals surface area contributed by atoms with Gasteiger partial charge in [0.1, 0.15) is 6.54 Å². The number of imidazole rings is 1. The van der Waals surface area contributed by atoms with E-state index in [2.05, 4.69) is 10.3 Å². The van der Waals surface area contributed by atoms with Gasteiger partial charge in [-0.15, -0.1) is 0 Å². The number of para-hydroxylation sites is 2. The summed E-state index contributed by atoms with van der Waals surface area (Å²) in [6, 6.07) is 16.1. The fraction of sp³-hybridized carbons (Fsp3) is 0.263. The van der Waals surface area contributed by atoms with E-state index in [4.69, 9.17) is 0 Å². The number of nitrogens with zero attached hydrogens (tertiary/aromatic N) is 2. The van der Waals surface area contributed by atoms with Crippen LogP contribution in [-0.2, 0) is 23.9 Å². The number of alkyl halides is 3. The summed E-state index contributed by atoms with van der Waals surface area (Å²) < 4.78 is 40.6. The van der Waals surface area contributed by atoms with Crippen LogP contribution >= 0.6 is 0 Å².